The third-order valence-electron chi connectivity index (χ3n) is 8.23. The highest BCUT2D eigenvalue weighted by Gasteiger charge is 2.51. The Morgan fingerprint density at radius 2 is 1.92 bits per heavy atom. The standard InChI is InChI=1S/C25H28ClF3N2O5/c26-15-1-2-20-18(7-15)19(32)10-21(35-20)22(33)30-12-14-11-24(5-3-13(14)4-6-24)23(34)31-16-8-17(9-16)36-25(27,28)29/h1-2,7,13-14,16-17,21H,3-6,8-12H2,(H,30,33)(H,31,34)/t13?,14?,16-,17+,21-,24?/m1/s1. The van der Waals surface area contributed by atoms with Crippen molar-refractivity contribution in [1.29, 1.82) is 0 Å². The lowest BCUT2D eigenvalue weighted by Gasteiger charge is -2.50. The van der Waals surface area contributed by atoms with Gasteiger partial charge in [-0.1, -0.05) is 11.6 Å². The Balaban J connectivity index is 1.13. The third-order valence-corrected chi connectivity index (χ3v) is 8.47. The van der Waals surface area contributed by atoms with E-state index in [2.05, 4.69) is 15.4 Å². The fourth-order valence-corrected chi connectivity index (χ4v) is 6.36. The van der Waals surface area contributed by atoms with Crippen molar-refractivity contribution in [2.45, 2.75) is 76.0 Å². The highest BCUT2D eigenvalue weighted by molar-refractivity contribution is 6.31. The van der Waals surface area contributed by atoms with Gasteiger partial charge in [-0.25, -0.2) is 0 Å². The molecular formula is C25H28ClF3N2O5. The number of benzene rings is 1. The first kappa shape index (κ1) is 25.3. The number of ketones is 1. The highest BCUT2D eigenvalue weighted by atomic mass is 35.5. The van der Waals surface area contributed by atoms with Crippen LogP contribution in [0.3, 0.4) is 0 Å². The molecule has 1 heterocycles. The van der Waals surface area contributed by atoms with Crippen LogP contribution in [0.5, 0.6) is 5.75 Å². The van der Waals surface area contributed by atoms with Gasteiger partial charge in [0.1, 0.15) is 5.75 Å². The number of halogens is 4. The maximum absolute atomic E-state index is 13.2. The zero-order valence-corrected chi connectivity index (χ0v) is 20.3. The Bertz CT molecular complexity index is 1050. The molecule has 4 fully saturated rings. The predicted molar refractivity (Wildman–Crippen MR) is 122 cm³/mol. The third kappa shape index (κ3) is 5.20. The quantitative estimate of drug-likeness (QED) is 0.578. The molecule has 11 heteroatoms. The highest BCUT2D eigenvalue weighted by Crippen LogP contribution is 2.53. The van der Waals surface area contributed by atoms with Gasteiger partial charge in [0, 0.05) is 23.0 Å². The molecule has 0 saturated heterocycles. The van der Waals surface area contributed by atoms with E-state index < -0.39 is 24.0 Å². The molecule has 1 unspecified atom stereocenters. The Kier molecular flexibility index (Phi) is 6.70. The molecule has 2 bridgehead atoms. The van der Waals surface area contributed by atoms with Crippen molar-refractivity contribution >= 4 is 29.2 Å². The topological polar surface area (TPSA) is 93.7 Å². The maximum Gasteiger partial charge on any atom is 0.522 e. The van der Waals surface area contributed by atoms with Crippen molar-refractivity contribution in [2.75, 3.05) is 6.54 Å². The van der Waals surface area contributed by atoms with Crippen molar-refractivity contribution in [2.24, 2.45) is 17.3 Å². The molecule has 2 N–H and O–H groups in total. The first-order valence-electron chi connectivity index (χ1n) is 12.3. The number of carbonyl (C=O) groups excluding carboxylic acids is 3. The first-order chi connectivity index (χ1) is 17.0. The minimum Gasteiger partial charge on any atom is -0.479 e. The van der Waals surface area contributed by atoms with Gasteiger partial charge in [0.2, 0.25) is 5.91 Å². The van der Waals surface area contributed by atoms with Gasteiger partial charge in [0.05, 0.1) is 18.1 Å². The van der Waals surface area contributed by atoms with Crippen LogP contribution >= 0.6 is 11.6 Å². The number of fused-ring (bicyclic) bond motifs is 4. The second-order valence-electron chi connectivity index (χ2n) is 10.5. The van der Waals surface area contributed by atoms with Crippen LogP contribution in [0.4, 0.5) is 13.2 Å². The molecule has 1 aliphatic heterocycles. The summed E-state index contributed by atoms with van der Waals surface area (Å²) in [5.41, 5.74) is -0.192. The van der Waals surface area contributed by atoms with E-state index >= 15 is 0 Å². The predicted octanol–water partition coefficient (Wildman–Crippen LogP) is 4.17. The molecule has 2 amide bonds. The number of rotatable bonds is 6. The fourth-order valence-electron chi connectivity index (χ4n) is 6.19. The second kappa shape index (κ2) is 9.52. The molecule has 196 valence electrons. The molecule has 4 saturated carbocycles. The monoisotopic (exact) mass is 528 g/mol. The zero-order chi connectivity index (χ0) is 25.7. The van der Waals surface area contributed by atoms with Crippen molar-refractivity contribution in [1.82, 2.24) is 10.6 Å². The van der Waals surface area contributed by atoms with Gasteiger partial charge >= 0.3 is 6.36 Å². The van der Waals surface area contributed by atoms with E-state index in [1.807, 2.05) is 0 Å². The SMILES string of the molecule is O=C1C[C@H](C(=O)NCC2CC3(C(=O)N[C@H]4C[C@@H](OC(F)(F)F)C4)CCC2CC3)Oc2ccc(Cl)cc21. The molecule has 36 heavy (non-hydrogen) atoms. The number of hydrogen-bond acceptors (Lipinski definition) is 5. The molecule has 2 atom stereocenters. The van der Waals surface area contributed by atoms with Gasteiger partial charge in [-0.15, -0.1) is 13.2 Å². The summed E-state index contributed by atoms with van der Waals surface area (Å²) < 4.78 is 46.8. The van der Waals surface area contributed by atoms with Gasteiger partial charge in [-0.3, -0.25) is 19.1 Å². The van der Waals surface area contributed by atoms with Gasteiger partial charge < -0.3 is 15.4 Å². The minimum atomic E-state index is -4.66. The van der Waals surface area contributed by atoms with Gasteiger partial charge in [0.15, 0.2) is 11.9 Å². The summed E-state index contributed by atoms with van der Waals surface area (Å²) in [6.07, 6.45) is -2.43. The van der Waals surface area contributed by atoms with E-state index in [1.165, 1.54) is 6.07 Å². The molecule has 6 rings (SSSR count). The molecule has 5 aliphatic rings. The molecule has 0 spiro atoms. The minimum absolute atomic E-state index is 0.0694. The van der Waals surface area contributed by atoms with Gasteiger partial charge in [-0.05, 0) is 75.0 Å². The van der Waals surface area contributed by atoms with E-state index in [4.69, 9.17) is 16.3 Å². The van der Waals surface area contributed by atoms with Gasteiger partial charge in [-0.2, -0.15) is 0 Å². The van der Waals surface area contributed by atoms with Gasteiger partial charge in [0.25, 0.3) is 5.91 Å². The lowest BCUT2D eigenvalue weighted by Crippen LogP contribution is -2.57. The summed E-state index contributed by atoms with van der Waals surface area (Å²) in [6.45, 7) is 0.380. The largest absolute Gasteiger partial charge is 0.522 e. The van der Waals surface area contributed by atoms with Crippen LogP contribution in [0, 0.1) is 17.3 Å². The average Bonchev–Trinajstić information content (AvgIpc) is 2.81. The van der Waals surface area contributed by atoms with Crippen LogP contribution in [0.15, 0.2) is 18.2 Å². The van der Waals surface area contributed by atoms with E-state index in [0.29, 0.717) is 35.2 Å². The normalized spacial score (nSPS) is 33.2. The van der Waals surface area contributed by atoms with Crippen molar-refractivity contribution in [3.63, 3.8) is 0 Å². The number of hydrogen-bond donors (Lipinski definition) is 2. The number of Topliss-reactive ketones (excluding diaryl/α,β-unsaturated/α-hetero) is 1. The van der Waals surface area contributed by atoms with Crippen LogP contribution in [0.1, 0.15) is 61.7 Å². The molecule has 1 aromatic carbocycles. The van der Waals surface area contributed by atoms with E-state index in [-0.39, 0.29) is 48.8 Å². The lowest BCUT2D eigenvalue weighted by atomic mass is 9.55. The Hall–Kier alpha value is -2.33. The van der Waals surface area contributed by atoms with E-state index in [0.717, 1.165) is 25.7 Å². The Morgan fingerprint density at radius 1 is 1.19 bits per heavy atom. The summed E-state index contributed by atoms with van der Waals surface area (Å²) in [6, 6.07) is 4.40. The van der Waals surface area contributed by atoms with Crippen molar-refractivity contribution < 1.29 is 37.0 Å². The van der Waals surface area contributed by atoms with Crippen LogP contribution in [-0.4, -0.2) is 48.8 Å². The average molecular weight is 529 g/mol. The summed E-state index contributed by atoms with van der Waals surface area (Å²) in [5.74, 6) is 0.158. The Labute approximate surface area is 211 Å². The molecule has 7 nitrogen and oxygen atoms in total. The summed E-state index contributed by atoms with van der Waals surface area (Å²) >= 11 is 5.95. The van der Waals surface area contributed by atoms with Crippen molar-refractivity contribution in [3.8, 4) is 5.75 Å². The number of amides is 2. The van der Waals surface area contributed by atoms with Crippen LogP contribution in [0.2, 0.25) is 5.02 Å². The first-order valence-corrected chi connectivity index (χ1v) is 12.7. The molecule has 0 radical (unpaired) electrons. The molecule has 1 aromatic rings. The number of nitrogens with one attached hydrogen (secondary N) is 2. The molecule has 4 aliphatic carbocycles. The van der Waals surface area contributed by atoms with Crippen LogP contribution < -0.4 is 15.4 Å². The van der Waals surface area contributed by atoms with E-state index in [1.54, 1.807) is 12.1 Å². The summed E-state index contributed by atoms with van der Waals surface area (Å²) in [4.78, 5) is 38.4. The fraction of sp³-hybridized carbons (Fsp3) is 0.640. The molecular weight excluding hydrogens is 501 g/mol. The van der Waals surface area contributed by atoms with Crippen LogP contribution in [-0.2, 0) is 14.3 Å². The van der Waals surface area contributed by atoms with Crippen LogP contribution in [0.25, 0.3) is 0 Å². The smallest absolute Gasteiger partial charge is 0.479 e. The Morgan fingerprint density at radius 3 is 2.61 bits per heavy atom. The van der Waals surface area contributed by atoms with E-state index in [9.17, 15) is 27.6 Å². The summed E-state index contributed by atoms with van der Waals surface area (Å²) in [5, 5.41) is 6.27. The molecule has 0 aromatic heterocycles. The number of ether oxygens (including phenoxy) is 2. The number of alkyl halides is 3. The zero-order valence-electron chi connectivity index (χ0n) is 19.5. The second-order valence-corrected chi connectivity index (χ2v) is 11.0. The lowest BCUT2D eigenvalue weighted by molar-refractivity contribution is -0.351. The summed E-state index contributed by atoms with van der Waals surface area (Å²) in [7, 11) is 0. The van der Waals surface area contributed by atoms with Crippen molar-refractivity contribution in [3.05, 3.63) is 28.8 Å². The number of carbonyl (C=O) groups is 3. The maximum atomic E-state index is 13.2.